The molecule has 1 fully saturated rings. The lowest BCUT2D eigenvalue weighted by atomic mass is 10.0. The van der Waals surface area contributed by atoms with Crippen LogP contribution in [0.1, 0.15) is 39.4 Å². The quantitative estimate of drug-likeness (QED) is 0.865. The minimum absolute atomic E-state index is 0.0232. The molecule has 2 aliphatic heterocycles. The van der Waals surface area contributed by atoms with E-state index in [1.807, 2.05) is 12.1 Å². The first-order valence-corrected chi connectivity index (χ1v) is 9.37. The Morgan fingerprint density at radius 1 is 1.07 bits per heavy atom. The fraction of sp³-hybridized carbons (Fsp3) is 0.400. The third kappa shape index (κ3) is 3.60. The SMILES string of the molecule is O=C(NC1CCN(C(=O)c2ccccc2F)CC1)c1ccc2n1CCNC2. The van der Waals surface area contributed by atoms with E-state index in [-0.39, 0.29) is 23.4 Å². The van der Waals surface area contributed by atoms with E-state index < -0.39 is 5.82 Å². The van der Waals surface area contributed by atoms with Gasteiger partial charge in [-0.2, -0.15) is 0 Å². The fourth-order valence-corrected chi connectivity index (χ4v) is 3.83. The molecule has 0 radical (unpaired) electrons. The summed E-state index contributed by atoms with van der Waals surface area (Å²) >= 11 is 0. The van der Waals surface area contributed by atoms with Crippen molar-refractivity contribution in [1.82, 2.24) is 20.1 Å². The minimum Gasteiger partial charge on any atom is -0.348 e. The van der Waals surface area contributed by atoms with Crippen molar-refractivity contribution in [2.24, 2.45) is 0 Å². The number of carbonyl (C=O) groups is 2. The summed E-state index contributed by atoms with van der Waals surface area (Å²) < 4.78 is 15.9. The normalized spacial score (nSPS) is 17.4. The van der Waals surface area contributed by atoms with Crippen molar-refractivity contribution >= 4 is 11.8 Å². The van der Waals surface area contributed by atoms with Crippen LogP contribution in [0.25, 0.3) is 0 Å². The summed E-state index contributed by atoms with van der Waals surface area (Å²) in [6.45, 7) is 3.45. The Balaban J connectivity index is 1.34. The van der Waals surface area contributed by atoms with Gasteiger partial charge < -0.3 is 20.1 Å². The van der Waals surface area contributed by atoms with Crippen LogP contribution in [0.15, 0.2) is 36.4 Å². The largest absolute Gasteiger partial charge is 0.348 e. The van der Waals surface area contributed by atoms with Gasteiger partial charge in [-0.3, -0.25) is 9.59 Å². The number of rotatable bonds is 3. The smallest absolute Gasteiger partial charge is 0.268 e. The van der Waals surface area contributed by atoms with Crippen LogP contribution in [0.5, 0.6) is 0 Å². The second kappa shape index (κ2) is 7.52. The molecule has 2 aliphatic rings. The van der Waals surface area contributed by atoms with Crippen LogP contribution in [0.3, 0.4) is 0 Å². The number of fused-ring (bicyclic) bond motifs is 1. The van der Waals surface area contributed by atoms with E-state index in [2.05, 4.69) is 15.2 Å². The zero-order valence-electron chi connectivity index (χ0n) is 15.1. The van der Waals surface area contributed by atoms with Gasteiger partial charge in [0.2, 0.25) is 0 Å². The van der Waals surface area contributed by atoms with Crippen molar-refractivity contribution in [3.05, 3.63) is 59.2 Å². The molecule has 1 aromatic heterocycles. The molecule has 2 N–H and O–H groups in total. The molecule has 6 nitrogen and oxygen atoms in total. The van der Waals surface area contributed by atoms with Gasteiger partial charge >= 0.3 is 0 Å². The number of benzene rings is 1. The first kappa shape index (κ1) is 17.7. The van der Waals surface area contributed by atoms with Gasteiger partial charge in [0.05, 0.1) is 5.56 Å². The lowest BCUT2D eigenvalue weighted by Crippen LogP contribution is -2.47. The molecule has 0 bridgehead atoms. The van der Waals surface area contributed by atoms with Crippen LogP contribution in [0, 0.1) is 5.82 Å². The second-order valence-corrected chi connectivity index (χ2v) is 7.06. The number of hydrogen-bond acceptors (Lipinski definition) is 3. The van der Waals surface area contributed by atoms with Crippen molar-refractivity contribution in [3.63, 3.8) is 0 Å². The Morgan fingerprint density at radius 3 is 2.63 bits per heavy atom. The van der Waals surface area contributed by atoms with Crippen LogP contribution in [-0.2, 0) is 13.1 Å². The summed E-state index contributed by atoms with van der Waals surface area (Å²) in [5.74, 6) is -0.849. The average molecular weight is 370 g/mol. The topological polar surface area (TPSA) is 66.4 Å². The van der Waals surface area contributed by atoms with Crippen LogP contribution in [0.2, 0.25) is 0 Å². The molecule has 4 rings (SSSR count). The van der Waals surface area contributed by atoms with E-state index in [1.165, 1.54) is 12.1 Å². The fourth-order valence-electron chi connectivity index (χ4n) is 3.83. The molecule has 1 aromatic carbocycles. The molecular formula is C20H23FN4O2. The third-order valence-corrected chi connectivity index (χ3v) is 5.34. The Morgan fingerprint density at radius 2 is 1.85 bits per heavy atom. The van der Waals surface area contributed by atoms with Crippen LogP contribution < -0.4 is 10.6 Å². The lowest BCUT2D eigenvalue weighted by molar-refractivity contribution is 0.0693. The highest BCUT2D eigenvalue weighted by Gasteiger charge is 2.27. The van der Waals surface area contributed by atoms with Gasteiger partial charge in [-0.25, -0.2) is 4.39 Å². The van der Waals surface area contributed by atoms with E-state index in [0.29, 0.717) is 31.6 Å². The van der Waals surface area contributed by atoms with Crippen LogP contribution in [0.4, 0.5) is 4.39 Å². The molecule has 142 valence electrons. The summed E-state index contributed by atoms with van der Waals surface area (Å²) in [6, 6.07) is 9.92. The minimum atomic E-state index is -0.495. The van der Waals surface area contributed by atoms with Gasteiger partial charge in [0.1, 0.15) is 11.5 Å². The summed E-state index contributed by atoms with van der Waals surface area (Å²) in [5.41, 5.74) is 1.92. The van der Waals surface area contributed by atoms with Crippen LogP contribution in [-0.4, -0.2) is 47.0 Å². The molecule has 0 atom stereocenters. The average Bonchev–Trinajstić information content (AvgIpc) is 3.13. The lowest BCUT2D eigenvalue weighted by Gasteiger charge is -2.32. The highest BCUT2D eigenvalue weighted by molar-refractivity contribution is 5.95. The molecule has 0 aliphatic carbocycles. The number of likely N-dealkylation sites (tertiary alicyclic amines) is 1. The molecule has 7 heteroatoms. The van der Waals surface area contributed by atoms with Gasteiger partial charge in [0, 0.05) is 44.5 Å². The summed E-state index contributed by atoms with van der Waals surface area (Å²) in [5, 5.41) is 6.38. The molecule has 2 amide bonds. The number of carbonyl (C=O) groups excluding carboxylic acids is 2. The number of nitrogens with zero attached hydrogens (tertiary/aromatic N) is 2. The molecule has 0 unspecified atom stereocenters. The highest BCUT2D eigenvalue weighted by atomic mass is 19.1. The standard InChI is InChI=1S/C20H23FN4O2/c21-17-4-2-1-3-16(17)20(27)24-10-7-14(8-11-24)23-19(26)18-6-5-15-13-22-9-12-25(15)18/h1-6,14,22H,7-13H2,(H,23,26). The van der Waals surface area contributed by atoms with Crippen molar-refractivity contribution in [2.45, 2.75) is 32.0 Å². The Bertz CT molecular complexity index is 855. The van der Waals surface area contributed by atoms with Gasteiger partial charge in [-0.05, 0) is 37.1 Å². The summed E-state index contributed by atoms with van der Waals surface area (Å²) in [7, 11) is 0. The monoisotopic (exact) mass is 370 g/mol. The summed E-state index contributed by atoms with van der Waals surface area (Å²) in [6.07, 6.45) is 1.34. The Kier molecular flexibility index (Phi) is 4.94. The molecule has 2 aromatic rings. The van der Waals surface area contributed by atoms with Crippen molar-refractivity contribution in [3.8, 4) is 0 Å². The van der Waals surface area contributed by atoms with E-state index in [9.17, 15) is 14.0 Å². The second-order valence-electron chi connectivity index (χ2n) is 7.06. The van der Waals surface area contributed by atoms with E-state index >= 15 is 0 Å². The molecule has 27 heavy (non-hydrogen) atoms. The predicted molar refractivity (Wildman–Crippen MR) is 98.9 cm³/mol. The molecule has 3 heterocycles. The van der Waals surface area contributed by atoms with E-state index in [1.54, 1.807) is 17.0 Å². The Labute approximate surface area is 157 Å². The number of nitrogens with one attached hydrogen (secondary N) is 2. The van der Waals surface area contributed by atoms with E-state index in [4.69, 9.17) is 0 Å². The van der Waals surface area contributed by atoms with Gasteiger partial charge in [-0.15, -0.1) is 0 Å². The maximum atomic E-state index is 13.8. The number of halogens is 1. The first-order valence-electron chi connectivity index (χ1n) is 9.37. The van der Waals surface area contributed by atoms with Gasteiger partial charge in [-0.1, -0.05) is 12.1 Å². The first-order chi connectivity index (χ1) is 13.1. The molecule has 0 spiro atoms. The van der Waals surface area contributed by atoms with Gasteiger partial charge in [0.15, 0.2) is 0 Å². The molecule has 0 saturated carbocycles. The Hall–Kier alpha value is -2.67. The maximum absolute atomic E-state index is 13.8. The molecule has 1 saturated heterocycles. The van der Waals surface area contributed by atoms with Crippen LogP contribution >= 0.6 is 0 Å². The van der Waals surface area contributed by atoms with E-state index in [0.717, 1.165) is 25.3 Å². The van der Waals surface area contributed by atoms with Crippen molar-refractivity contribution in [2.75, 3.05) is 19.6 Å². The maximum Gasteiger partial charge on any atom is 0.268 e. The third-order valence-electron chi connectivity index (χ3n) is 5.34. The number of amides is 2. The predicted octanol–water partition coefficient (Wildman–Crippen LogP) is 1.76. The zero-order valence-corrected chi connectivity index (χ0v) is 15.1. The summed E-state index contributed by atoms with van der Waals surface area (Å²) in [4.78, 5) is 26.8. The van der Waals surface area contributed by atoms with Crippen molar-refractivity contribution < 1.29 is 14.0 Å². The number of aromatic nitrogens is 1. The molecular weight excluding hydrogens is 347 g/mol. The highest BCUT2D eigenvalue weighted by Crippen LogP contribution is 2.17. The van der Waals surface area contributed by atoms with Gasteiger partial charge in [0.25, 0.3) is 11.8 Å². The number of piperidine rings is 1. The number of hydrogen-bond donors (Lipinski definition) is 2. The zero-order chi connectivity index (χ0) is 18.8. The van der Waals surface area contributed by atoms with Crippen molar-refractivity contribution in [1.29, 1.82) is 0 Å².